The average molecular weight is 307 g/mol. The molecule has 0 radical (unpaired) electrons. The zero-order valence-electron chi connectivity index (χ0n) is 10.6. The summed E-state index contributed by atoms with van der Waals surface area (Å²) in [5.74, 6) is 0.732. The Balaban J connectivity index is 1.81. The second-order valence-corrected chi connectivity index (χ2v) is 5.64. The van der Waals surface area contributed by atoms with E-state index in [0.29, 0.717) is 22.0 Å². The number of hydrogen-bond donors (Lipinski definition) is 0. The molecule has 0 aliphatic carbocycles. The first-order valence-corrected chi connectivity index (χ1v) is 7.14. The smallest absolute Gasteiger partial charge is 0.203 e. The highest BCUT2D eigenvalue weighted by atomic mass is 35.5. The summed E-state index contributed by atoms with van der Waals surface area (Å²) in [7, 11) is 0. The molecule has 0 amide bonds. The number of ketones is 1. The molecule has 0 bridgehead atoms. The molecular formula is C16H12Cl2O2. The number of aryl methyl sites for hydroxylation is 1. The SMILES string of the molecule is O=C(c1ccc(Cl)cc1)C1CCc2cc(Cl)ccc2O1. The molecule has 0 N–H and O–H groups in total. The van der Waals surface area contributed by atoms with Gasteiger partial charge < -0.3 is 4.74 Å². The van der Waals surface area contributed by atoms with E-state index >= 15 is 0 Å². The number of rotatable bonds is 2. The fourth-order valence-corrected chi connectivity index (χ4v) is 2.66. The van der Waals surface area contributed by atoms with Crippen LogP contribution in [-0.2, 0) is 6.42 Å². The molecule has 0 aromatic heterocycles. The number of fused-ring (bicyclic) bond motifs is 1. The van der Waals surface area contributed by atoms with Crippen LogP contribution in [0.25, 0.3) is 0 Å². The first-order valence-electron chi connectivity index (χ1n) is 6.38. The van der Waals surface area contributed by atoms with Crippen molar-refractivity contribution in [3.05, 3.63) is 63.6 Å². The van der Waals surface area contributed by atoms with E-state index in [0.717, 1.165) is 17.7 Å². The first-order chi connectivity index (χ1) is 9.63. The van der Waals surface area contributed by atoms with E-state index in [1.165, 1.54) is 0 Å². The second-order valence-electron chi connectivity index (χ2n) is 4.77. The highest BCUT2D eigenvalue weighted by Gasteiger charge is 2.27. The first kappa shape index (κ1) is 13.5. The summed E-state index contributed by atoms with van der Waals surface area (Å²) >= 11 is 11.8. The van der Waals surface area contributed by atoms with E-state index in [9.17, 15) is 4.79 Å². The second kappa shape index (κ2) is 5.47. The third-order valence-corrected chi connectivity index (χ3v) is 3.88. The molecule has 2 aromatic carbocycles. The molecular weight excluding hydrogens is 295 g/mol. The number of Topliss-reactive ketones (excluding diaryl/α,β-unsaturated/α-hetero) is 1. The summed E-state index contributed by atoms with van der Waals surface area (Å²) in [6.07, 6.45) is 1.01. The summed E-state index contributed by atoms with van der Waals surface area (Å²) in [5.41, 5.74) is 1.68. The van der Waals surface area contributed by atoms with Crippen LogP contribution in [0, 0.1) is 0 Å². The molecule has 0 saturated heterocycles. The topological polar surface area (TPSA) is 26.3 Å². The Hall–Kier alpha value is -1.51. The van der Waals surface area contributed by atoms with Gasteiger partial charge in [-0.1, -0.05) is 23.2 Å². The predicted molar refractivity (Wildman–Crippen MR) is 80.0 cm³/mol. The number of benzene rings is 2. The molecule has 1 atom stereocenters. The molecule has 20 heavy (non-hydrogen) atoms. The number of carbonyl (C=O) groups is 1. The van der Waals surface area contributed by atoms with Crippen LogP contribution in [0.15, 0.2) is 42.5 Å². The summed E-state index contributed by atoms with van der Waals surface area (Å²) in [4.78, 5) is 12.4. The van der Waals surface area contributed by atoms with Crippen LogP contribution in [0.5, 0.6) is 5.75 Å². The monoisotopic (exact) mass is 306 g/mol. The molecule has 4 heteroatoms. The average Bonchev–Trinajstić information content (AvgIpc) is 2.47. The lowest BCUT2D eigenvalue weighted by Crippen LogP contribution is -2.31. The van der Waals surface area contributed by atoms with Crippen LogP contribution in [0.2, 0.25) is 10.0 Å². The van der Waals surface area contributed by atoms with E-state index in [4.69, 9.17) is 27.9 Å². The van der Waals surface area contributed by atoms with Crippen molar-refractivity contribution in [1.82, 2.24) is 0 Å². The molecule has 1 aliphatic rings. The van der Waals surface area contributed by atoms with Crippen molar-refractivity contribution >= 4 is 29.0 Å². The van der Waals surface area contributed by atoms with Gasteiger partial charge >= 0.3 is 0 Å². The van der Waals surface area contributed by atoms with Crippen LogP contribution in [0.3, 0.4) is 0 Å². The molecule has 102 valence electrons. The molecule has 0 saturated carbocycles. The van der Waals surface area contributed by atoms with Crippen LogP contribution < -0.4 is 4.74 Å². The van der Waals surface area contributed by atoms with Gasteiger partial charge in [0.05, 0.1) is 0 Å². The zero-order chi connectivity index (χ0) is 14.1. The maximum absolute atomic E-state index is 12.4. The molecule has 1 heterocycles. The van der Waals surface area contributed by atoms with Crippen LogP contribution in [-0.4, -0.2) is 11.9 Å². The van der Waals surface area contributed by atoms with Gasteiger partial charge in [-0.15, -0.1) is 0 Å². The van der Waals surface area contributed by atoms with E-state index < -0.39 is 6.10 Å². The Morgan fingerprint density at radius 1 is 1.05 bits per heavy atom. The third kappa shape index (κ3) is 2.67. The summed E-state index contributed by atoms with van der Waals surface area (Å²) in [5, 5.41) is 1.31. The fraction of sp³-hybridized carbons (Fsp3) is 0.188. The Morgan fingerprint density at radius 3 is 2.50 bits per heavy atom. The Kier molecular flexibility index (Phi) is 3.68. The maximum Gasteiger partial charge on any atom is 0.203 e. The summed E-state index contributed by atoms with van der Waals surface area (Å²) < 4.78 is 5.79. The maximum atomic E-state index is 12.4. The van der Waals surface area contributed by atoms with Gasteiger partial charge in [0, 0.05) is 15.6 Å². The summed E-state index contributed by atoms with van der Waals surface area (Å²) in [6, 6.07) is 12.4. The van der Waals surface area contributed by atoms with Gasteiger partial charge in [0.1, 0.15) is 5.75 Å². The van der Waals surface area contributed by atoms with Gasteiger partial charge in [0.25, 0.3) is 0 Å². The minimum Gasteiger partial charge on any atom is -0.482 e. The Bertz CT molecular complexity index is 650. The molecule has 0 spiro atoms. The van der Waals surface area contributed by atoms with E-state index in [1.807, 2.05) is 12.1 Å². The van der Waals surface area contributed by atoms with Crippen molar-refractivity contribution in [2.75, 3.05) is 0 Å². The highest BCUT2D eigenvalue weighted by Crippen LogP contribution is 2.31. The lowest BCUT2D eigenvalue weighted by molar-refractivity contribution is 0.0756. The van der Waals surface area contributed by atoms with Gasteiger partial charge in [-0.2, -0.15) is 0 Å². The number of halogens is 2. The van der Waals surface area contributed by atoms with Crippen molar-refractivity contribution < 1.29 is 9.53 Å². The van der Waals surface area contributed by atoms with Crippen molar-refractivity contribution in [2.24, 2.45) is 0 Å². The molecule has 1 unspecified atom stereocenters. The van der Waals surface area contributed by atoms with E-state index in [2.05, 4.69) is 0 Å². The van der Waals surface area contributed by atoms with Gasteiger partial charge in [-0.3, -0.25) is 4.79 Å². The minimum absolute atomic E-state index is 0.0118. The quantitative estimate of drug-likeness (QED) is 0.760. The van der Waals surface area contributed by atoms with Crippen molar-refractivity contribution in [3.8, 4) is 5.75 Å². The van der Waals surface area contributed by atoms with E-state index in [-0.39, 0.29) is 5.78 Å². The van der Waals surface area contributed by atoms with Crippen LogP contribution >= 0.6 is 23.2 Å². The lowest BCUT2D eigenvalue weighted by atomic mass is 9.97. The predicted octanol–water partition coefficient (Wildman–Crippen LogP) is 4.57. The normalized spacial score (nSPS) is 17.2. The minimum atomic E-state index is -0.440. The lowest BCUT2D eigenvalue weighted by Gasteiger charge is -2.25. The number of hydrogen-bond acceptors (Lipinski definition) is 2. The van der Waals surface area contributed by atoms with Crippen molar-refractivity contribution in [3.63, 3.8) is 0 Å². The van der Waals surface area contributed by atoms with E-state index in [1.54, 1.807) is 30.3 Å². The summed E-state index contributed by atoms with van der Waals surface area (Å²) in [6.45, 7) is 0. The van der Waals surface area contributed by atoms with Crippen molar-refractivity contribution in [2.45, 2.75) is 18.9 Å². The van der Waals surface area contributed by atoms with Crippen LogP contribution in [0.4, 0.5) is 0 Å². The molecule has 2 nitrogen and oxygen atoms in total. The standard InChI is InChI=1S/C16H12Cl2O2/c17-12-4-1-10(2-5-12)16(19)15-7-3-11-9-13(18)6-8-14(11)20-15/h1-2,4-6,8-9,15H,3,7H2. The molecule has 3 rings (SSSR count). The zero-order valence-corrected chi connectivity index (χ0v) is 12.1. The van der Waals surface area contributed by atoms with Gasteiger partial charge in [0.2, 0.25) is 5.78 Å². The van der Waals surface area contributed by atoms with Gasteiger partial charge in [-0.25, -0.2) is 0 Å². The van der Waals surface area contributed by atoms with Crippen LogP contribution in [0.1, 0.15) is 22.3 Å². The van der Waals surface area contributed by atoms with Gasteiger partial charge in [0.15, 0.2) is 6.10 Å². The Morgan fingerprint density at radius 2 is 1.75 bits per heavy atom. The largest absolute Gasteiger partial charge is 0.482 e. The Labute approximate surface area is 127 Å². The highest BCUT2D eigenvalue weighted by molar-refractivity contribution is 6.31. The molecule has 2 aromatic rings. The van der Waals surface area contributed by atoms with Gasteiger partial charge in [-0.05, 0) is 60.9 Å². The van der Waals surface area contributed by atoms with Crippen molar-refractivity contribution in [1.29, 1.82) is 0 Å². The fourth-order valence-electron chi connectivity index (χ4n) is 2.34. The number of ether oxygens (including phenoxy) is 1. The molecule has 1 aliphatic heterocycles. The molecule has 0 fully saturated rings. The number of carbonyl (C=O) groups excluding carboxylic acids is 1. The third-order valence-electron chi connectivity index (χ3n) is 3.39.